The number of hydrogen-bond donors (Lipinski definition) is 2. The van der Waals surface area contributed by atoms with E-state index in [9.17, 15) is 4.79 Å². The smallest absolute Gasteiger partial charge is 0.240 e. The van der Waals surface area contributed by atoms with E-state index in [0.29, 0.717) is 5.92 Å². The van der Waals surface area contributed by atoms with Gasteiger partial charge in [0, 0.05) is 6.54 Å². The largest absolute Gasteiger partial charge is 0.354 e. The summed E-state index contributed by atoms with van der Waals surface area (Å²) in [7, 11) is 0. The van der Waals surface area contributed by atoms with Gasteiger partial charge in [-0.2, -0.15) is 0 Å². The maximum atomic E-state index is 12.3. The summed E-state index contributed by atoms with van der Waals surface area (Å²) in [6.45, 7) is 6.23. The molecule has 2 N–H and O–H groups in total. The summed E-state index contributed by atoms with van der Waals surface area (Å²) in [6.07, 6.45) is 8.64. The number of hydrogen-bond acceptors (Lipinski definition) is 2. The third-order valence-corrected chi connectivity index (χ3v) is 4.93. The van der Waals surface area contributed by atoms with Crippen LogP contribution in [0.3, 0.4) is 0 Å². The van der Waals surface area contributed by atoms with E-state index in [2.05, 4.69) is 17.6 Å². The van der Waals surface area contributed by atoms with Gasteiger partial charge in [0.25, 0.3) is 0 Å². The van der Waals surface area contributed by atoms with Gasteiger partial charge in [0.15, 0.2) is 0 Å². The molecule has 0 aromatic rings. The molecule has 0 spiro atoms. The Hall–Kier alpha value is -0.280. The molecule has 112 valence electrons. The summed E-state index contributed by atoms with van der Waals surface area (Å²) in [5.74, 6) is 1.67. The van der Waals surface area contributed by atoms with E-state index in [0.717, 1.165) is 31.8 Å². The van der Waals surface area contributed by atoms with Gasteiger partial charge in [-0.05, 0) is 51.0 Å². The number of rotatable bonds is 3. The first-order chi connectivity index (χ1) is 8.62. The molecule has 4 heteroatoms. The van der Waals surface area contributed by atoms with Gasteiger partial charge in [-0.25, -0.2) is 0 Å². The Morgan fingerprint density at radius 1 is 1.26 bits per heavy atom. The van der Waals surface area contributed by atoms with Crippen molar-refractivity contribution < 1.29 is 4.79 Å². The van der Waals surface area contributed by atoms with Gasteiger partial charge in [0.2, 0.25) is 5.91 Å². The third-order valence-electron chi connectivity index (χ3n) is 4.93. The van der Waals surface area contributed by atoms with E-state index >= 15 is 0 Å². The minimum Gasteiger partial charge on any atom is -0.354 e. The number of carbonyl (C=O) groups excluding carboxylic acids is 1. The Kier molecular flexibility index (Phi) is 6.61. The molecule has 0 bridgehead atoms. The molecule has 0 aromatic carbocycles. The van der Waals surface area contributed by atoms with Crippen LogP contribution in [0.2, 0.25) is 0 Å². The molecule has 0 aromatic heterocycles. The summed E-state index contributed by atoms with van der Waals surface area (Å²) >= 11 is 0. The molecule has 3 atom stereocenters. The van der Waals surface area contributed by atoms with Gasteiger partial charge >= 0.3 is 0 Å². The highest BCUT2D eigenvalue weighted by Gasteiger charge is 2.34. The molecule has 3 nitrogen and oxygen atoms in total. The second kappa shape index (κ2) is 7.49. The van der Waals surface area contributed by atoms with Crippen molar-refractivity contribution in [3.05, 3.63) is 0 Å². The van der Waals surface area contributed by atoms with E-state index in [1.165, 1.54) is 32.1 Å². The summed E-state index contributed by atoms with van der Waals surface area (Å²) < 4.78 is 0. The minimum absolute atomic E-state index is 0. The maximum Gasteiger partial charge on any atom is 0.240 e. The van der Waals surface area contributed by atoms with Gasteiger partial charge in [-0.15, -0.1) is 12.4 Å². The van der Waals surface area contributed by atoms with Crippen LogP contribution in [0.4, 0.5) is 0 Å². The Labute approximate surface area is 123 Å². The molecule has 2 rings (SSSR count). The van der Waals surface area contributed by atoms with Crippen LogP contribution < -0.4 is 10.6 Å². The SMILES string of the molecule is CC1CCCCC1CNC(=O)C1(C)CCCCN1.Cl. The normalized spacial score (nSPS) is 35.3. The van der Waals surface area contributed by atoms with Crippen LogP contribution in [-0.4, -0.2) is 24.5 Å². The van der Waals surface area contributed by atoms with Crippen molar-refractivity contribution >= 4 is 18.3 Å². The van der Waals surface area contributed by atoms with Crippen LogP contribution in [0.1, 0.15) is 58.8 Å². The number of carbonyl (C=O) groups is 1. The molecule has 1 saturated heterocycles. The van der Waals surface area contributed by atoms with Crippen LogP contribution in [0.15, 0.2) is 0 Å². The highest BCUT2D eigenvalue weighted by Crippen LogP contribution is 2.29. The lowest BCUT2D eigenvalue weighted by molar-refractivity contribution is -0.128. The molecule has 19 heavy (non-hydrogen) atoms. The molecule has 1 aliphatic heterocycles. The molecule has 1 heterocycles. The zero-order valence-electron chi connectivity index (χ0n) is 12.3. The van der Waals surface area contributed by atoms with Crippen LogP contribution >= 0.6 is 12.4 Å². The summed E-state index contributed by atoms with van der Waals surface area (Å²) in [4.78, 5) is 12.3. The number of nitrogens with one attached hydrogen (secondary N) is 2. The molecule has 1 saturated carbocycles. The topological polar surface area (TPSA) is 41.1 Å². The van der Waals surface area contributed by atoms with Crippen molar-refractivity contribution in [3.8, 4) is 0 Å². The lowest BCUT2D eigenvalue weighted by Gasteiger charge is -2.35. The average Bonchev–Trinajstić information content (AvgIpc) is 2.38. The third kappa shape index (κ3) is 4.35. The molecule has 2 fully saturated rings. The monoisotopic (exact) mass is 288 g/mol. The highest BCUT2D eigenvalue weighted by molar-refractivity contribution is 5.86. The van der Waals surface area contributed by atoms with Gasteiger partial charge in [-0.1, -0.05) is 26.2 Å². The van der Waals surface area contributed by atoms with Crippen molar-refractivity contribution in [1.82, 2.24) is 10.6 Å². The van der Waals surface area contributed by atoms with Crippen molar-refractivity contribution in [2.45, 2.75) is 64.3 Å². The van der Waals surface area contributed by atoms with Gasteiger partial charge in [0.05, 0.1) is 5.54 Å². The van der Waals surface area contributed by atoms with E-state index in [1.54, 1.807) is 0 Å². The molecule has 0 radical (unpaired) electrons. The zero-order chi connectivity index (χ0) is 13.0. The molecule has 3 unspecified atom stereocenters. The van der Waals surface area contributed by atoms with Gasteiger partial charge < -0.3 is 10.6 Å². The van der Waals surface area contributed by atoms with Crippen molar-refractivity contribution in [2.24, 2.45) is 11.8 Å². The zero-order valence-corrected chi connectivity index (χ0v) is 13.2. The lowest BCUT2D eigenvalue weighted by atomic mass is 9.80. The van der Waals surface area contributed by atoms with Crippen molar-refractivity contribution in [3.63, 3.8) is 0 Å². The van der Waals surface area contributed by atoms with Crippen LogP contribution in [0, 0.1) is 11.8 Å². The number of halogens is 1. The van der Waals surface area contributed by atoms with E-state index in [4.69, 9.17) is 0 Å². The Morgan fingerprint density at radius 3 is 2.63 bits per heavy atom. The van der Waals surface area contributed by atoms with E-state index in [-0.39, 0.29) is 23.9 Å². The quantitative estimate of drug-likeness (QED) is 0.838. The minimum atomic E-state index is -0.323. The molecule has 1 amide bonds. The Morgan fingerprint density at radius 2 is 2.00 bits per heavy atom. The van der Waals surface area contributed by atoms with E-state index in [1.807, 2.05) is 6.92 Å². The second-order valence-corrected chi connectivity index (χ2v) is 6.45. The number of amides is 1. The summed E-state index contributed by atoms with van der Waals surface area (Å²) in [6, 6.07) is 0. The average molecular weight is 289 g/mol. The lowest BCUT2D eigenvalue weighted by Crippen LogP contribution is -2.57. The molecular weight excluding hydrogens is 260 g/mol. The van der Waals surface area contributed by atoms with E-state index < -0.39 is 0 Å². The standard InChI is InChI=1S/C15H28N2O.ClH/c1-12-7-3-4-8-13(12)11-16-14(18)15(2)9-5-6-10-17-15;/h12-13,17H,3-11H2,1-2H3,(H,16,18);1H. The number of piperidine rings is 1. The van der Waals surface area contributed by atoms with Crippen molar-refractivity contribution in [1.29, 1.82) is 0 Å². The fourth-order valence-electron chi connectivity index (χ4n) is 3.37. The maximum absolute atomic E-state index is 12.3. The van der Waals surface area contributed by atoms with Crippen LogP contribution in [-0.2, 0) is 4.79 Å². The first-order valence-electron chi connectivity index (χ1n) is 7.65. The second-order valence-electron chi connectivity index (χ2n) is 6.45. The summed E-state index contributed by atoms with van der Waals surface area (Å²) in [5, 5.41) is 6.57. The predicted molar refractivity (Wildman–Crippen MR) is 81.6 cm³/mol. The Bertz CT molecular complexity index is 290. The predicted octanol–water partition coefficient (Wildman–Crippen LogP) is 2.88. The fourth-order valence-corrected chi connectivity index (χ4v) is 3.37. The van der Waals surface area contributed by atoms with Crippen molar-refractivity contribution in [2.75, 3.05) is 13.1 Å². The van der Waals surface area contributed by atoms with Crippen LogP contribution in [0.5, 0.6) is 0 Å². The summed E-state index contributed by atoms with van der Waals surface area (Å²) in [5.41, 5.74) is -0.323. The molecule has 2 aliphatic rings. The first-order valence-corrected chi connectivity index (χ1v) is 7.65. The van der Waals surface area contributed by atoms with Crippen LogP contribution in [0.25, 0.3) is 0 Å². The highest BCUT2D eigenvalue weighted by atomic mass is 35.5. The van der Waals surface area contributed by atoms with Gasteiger partial charge in [0.1, 0.15) is 0 Å². The van der Waals surface area contributed by atoms with Gasteiger partial charge in [-0.3, -0.25) is 4.79 Å². The first kappa shape index (κ1) is 16.8. The molecular formula is C15H29ClN2O. The fraction of sp³-hybridized carbons (Fsp3) is 0.933. The molecule has 1 aliphatic carbocycles. The Balaban J connectivity index is 0.00000180.